The third-order valence-corrected chi connectivity index (χ3v) is 6.06. The van der Waals surface area contributed by atoms with Crippen LogP contribution in [0.2, 0.25) is 0 Å². The maximum atomic E-state index is 14.6. The third kappa shape index (κ3) is 4.75. The van der Waals surface area contributed by atoms with Gasteiger partial charge in [-0.15, -0.1) is 0 Å². The second kappa shape index (κ2) is 9.65. The van der Waals surface area contributed by atoms with E-state index in [2.05, 4.69) is 42.6 Å². The summed E-state index contributed by atoms with van der Waals surface area (Å²) < 4.78 is 33.7. The third-order valence-electron chi connectivity index (χ3n) is 6.06. The van der Waals surface area contributed by atoms with Crippen LogP contribution in [0.4, 0.5) is 14.5 Å². The van der Waals surface area contributed by atoms with Gasteiger partial charge in [0.2, 0.25) is 0 Å². The maximum absolute atomic E-state index is 14.6. The molecule has 168 valence electrons. The first kappa shape index (κ1) is 22.2. The second-order valence-electron chi connectivity index (χ2n) is 8.27. The van der Waals surface area contributed by atoms with E-state index in [1.807, 2.05) is 17.0 Å². The molecule has 3 aromatic carbocycles. The van der Waals surface area contributed by atoms with Gasteiger partial charge in [-0.05, 0) is 42.7 Å². The molecule has 1 fully saturated rings. The van der Waals surface area contributed by atoms with Crippen molar-refractivity contribution in [3.8, 4) is 0 Å². The largest absolute Gasteiger partial charge is 0.466 e. The fraction of sp³-hybridized carbons (Fsp3) is 0.346. The number of carbonyl (C=O) groups excluding carboxylic acids is 1. The number of hydrogen-bond acceptors (Lipinski definition) is 4. The first-order valence-electron chi connectivity index (χ1n) is 11.1. The number of ether oxygens (including phenoxy) is 1. The molecule has 0 spiro atoms. The zero-order chi connectivity index (χ0) is 22.7. The van der Waals surface area contributed by atoms with Gasteiger partial charge in [0.15, 0.2) is 0 Å². The molecule has 0 saturated carbocycles. The summed E-state index contributed by atoms with van der Waals surface area (Å²) >= 11 is 0. The molecular formula is C26H28F2N2O2. The second-order valence-corrected chi connectivity index (χ2v) is 8.27. The molecule has 1 N–H and O–H groups in total. The highest BCUT2D eigenvalue weighted by atomic mass is 19.1. The van der Waals surface area contributed by atoms with Crippen LogP contribution in [0.25, 0.3) is 10.8 Å². The Labute approximate surface area is 187 Å². The Morgan fingerprint density at radius 2 is 1.94 bits per heavy atom. The smallest absolute Gasteiger partial charge is 0.310 e. The van der Waals surface area contributed by atoms with Crippen LogP contribution >= 0.6 is 0 Å². The summed E-state index contributed by atoms with van der Waals surface area (Å²) in [4.78, 5) is 13.7. The Balaban J connectivity index is 1.47. The molecule has 3 aromatic rings. The van der Waals surface area contributed by atoms with Gasteiger partial charge in [0.25, 0.3) is 0 Å². The number of benzene rings is 3. The van der Waals surface area contributed by atoms with Crippen LogP contribution < -0.4 is 10.2 Å². The highest BCUT2D eigenvalue weighted by Crippen LogP contribution is 2.29. The highest BCUT2D eigenvalue weighted by Gasteiger charge is 2.27. The number of fused-ring (bicyclic) bond motifs is 1. The predicted octanol–water partition coefficient (Wildman–Crippen LogP) is 5.15. The summed E-state index contributed by atoms with van der Waals surface area (Å²) in [6.07, 6.45) is 0.639. The number of nitrogens with one attached hydrogen (secondary N) is 1. The fourth-order valence-corrected chi connectivity index (χ4v) is 4.51. The van der Waals surface area contributed by atoms with Gasteiger partial charge in [0.05, 0.1) is 18.7 Å². The average Bonchev–Trinajstić information content (AvgIpc) is 3.23. The minimum atomic E-state index is -0.724. The zero-order valence-corrected chi connectivity index (χ0v) is 18.4. The van der Waals surface area contributed by atoms with Crippen LogP contribution in [0.5, 0.6) is 0 Å². The lowest BCUT2D eigenvalue weighted by atomic mass is 9.99. The Morgan fingerprint density at radius 1 is 1.16 bits per heavy atom. The molecule has 32 heavy (non-hydrogen) atoms. The SMILES string of the molecule is CCOC(=O)Cc1cc(N2CC[C@H](N[C@H](C)c3cccc4ccccc34)C2)c(F)cc1F. The lowest BCUT2D eigenvalue weighted by Gasteiger charge is -2.23. The van der Waals surface area contributed by atoms with Crippen molar-refractivity contribution in [2.45, 2.75) is 38.8 Å². The van der Waals surface area contributed by atoms with Gasteiger partial charge in [0, 0.05) is 36.8 Å². The van der Waals surface area contributed by atoms with Gasteiger partial charge < -0.3 is 15.0 Å². The minimum absolute atomic E-state index is 0.128. The van der Waals surface area contributed by atoms with Crippen molar-refractivity contribution in [1.29, 1.82) is 0 Å². The molecule has 4 rings (SSSR count). The van der Waals surface area contributed by atoms with Crippen LogP contribution in [0.1, 0.15) is 37.4 Å². The van der Waals surface area contributed by atoms with Gasteiger partial charge in [-0.25, -0.2) is 8.78 Å². The number of anilines is 1. The highest BCUT2D eigenvalue weighted by molar-refractivity contribution is 5.86. The molecule has 1 aliphatic rings. The van der Waals surface area contributed by atoms with E-state index in [9.17, 15) is 13.6 Å². The van der Waals surface area contributed by atoms with E-state index in [1.54, 1.807) is 6.92 Å². The van der Waals surface area contributed by atoms with E-state index in [0.29, 0.717) is 18.8 Å². The van der Waals surface area contributed by atoms with E-state index in [0.717, 1.165) is 12.5 Å². The number of nitrogens with zero attached hydrogens (tertiary/aromatic N) is 1. The van der Waals surface area contributed by atoms with Crippen LogP contribution in [0, 0.1) is 11.6 Å². The summed E-state index contributed by atoms with van der Waals surface area (Å²) in [7, 11) is 0. The molecule has 0 radical (unpaired) electrons. The van der Waals surface area contributed by atoms with Crippen molar-refractivity contribution in [3.05, 3.63) is 77.4 Å². The molecule has 1 aliphatic heterocycles. The van der Waals surface area contributed by atoms with Crippen molar-refractivity contribution in [2.24, 2.45) is 0 Å². The standard InChI is InChI=1S/C26H28F2N2O2/c1-3-32-26(31)14-19-13-25(24(28)15-23(19)27)30-12-11-20(16-30)29-17(2)21-10-6-8-18-7-4-5-9-22(18)21/h4-10,13,15,17,20,29H,3,11-12,14,16H2,1-2H3/t17-,20+/m1/s1. The van der Waals surface area contributed by atoms with E-state index in [-0.39, 0.29) is 30.7 Å². The lowest BCUT2D eigenvalue weighted by Crippen LogP contribution is -2.34. The molecule has 0 aliphatic carbocycles. The van der Waals surface area contributed by atoms with Crippen molar-refractivity contribution in [1.82, 2.24) is 5.32 Å². The number of hydrogen-bond donors (Lipinski definition) is 1. The Morgan fingerprint density at radius 3 is 2.75 bits per heavy atom. The molecule has 1 heterocycles. The molecule has 1 saturated heterocycles. The quantitative estimate of drug-likeness (QED) is 0.518. The van der Waals surface area contributed by atoms with Gasteiger partial charge in [-0.1, -0.05) is 42.5 Å². The van der Waals surface area contributed by atoms with E-state index in [1.165, 1.54) is 22.4 Å². The first-order chi connectivity index (χ1) is 15.5. The average molecular weight is 439 g/mol. The van der Waals surface area contributed by atoms with Crippen molar-refractivity contribution in [2.75, 3.05) is 24.6 Å². The van der Waals surface area contributed by atoms with Crippen molar-refractivity contribution >= 4 is 22.4 Å². The number of esters is 1. The molecule has 0 amide bonds. The number of carbonyl (C=O) groups is 1. The summed E-state index contributed by atoms with van der Waals surface area (Å²) in [6.45, 7) is 5.32. The van der Waals surface area contributed by atoms with E-state index >= 15 is 0 Å². The van der Waals surface area contributed by atoms with E-state index in [4.69, 9.17) is 4.74 Å². The van der Waals surface area contributed by atoms with Crippen molar-refractivity contribution < 1.29 is 18.3 Å². The molecule has 0 aromatic heterocycles. The summed E-state index contributed by atoms with van der Waals surface area (Å²) in [5.41, 5.74) is 1.71. The van der Waals surface area contributed by atoms with E-state index < -0.39 is 17.6 Å². The summed E-state index contributed by atoms with van der Waals surface area (Å²) in [5, 5.41) is 6.09. The summed E-state index contributed by atoms with van der Waals surface area (Å²) in [6, 6.07) is 17.2. The molecule has 2 atom stereocenters. The number of rotatable bonds is 7. The van der Waals surface area contributed by atoms with Crippen LogP contribution in [0.15, 0.2) is 54.6 Å². The first-order valence-corrected chi connectivity index (χ1v) is 11.1. The minimum Gasteiger partial charge on any atom is -0.466 e. The monoisotopic (exact) mass is 438 g/mol. The maximum Gasteiger partial charge on any atom is 0.310 e. The van der Waals surface area contributed by atoms with Crippen LogP contribution in [0.3, 0.4) is 0 Å². The molecule has 4 nitrogen and oxygen atoms in total. The van der Waals surface area contributed by atoms with Gasteiger partial charge >= 0.3 is 5.97 Å². The lowest BCUT2D eigenvalue weighted by molar-refractivity contribution is -0.142. The Kier molecular flexibility index (Phi) is 6.70. The predicted molar refractivity (Wildman–Crippen MR) is 123 cm³/mol. The Bertz CT molecular complexity index is 1110. The van der Waals surface area contributed by atoms with Gasteiger partial charge in [-0.3, -0.25) is 4.79 Å². The summed E-state index contributed by atoms with van der Waals surface area (Å²) in [5.74, 6) is -1.86. The van der Waals surface area contributed by atoms with Gasteiger partial charge in [-0.2, -0.15) is 0 Å². The van der Waals surface area contributed by atoms with Crippen LogP contribution in [-0.4, -0.2) is 31.7 Å². The molecule has 6 heteroatoms. The van der Waals surface area contributed by atoms with Gasteiger partial charge in [0.1, 0.15) is 11.6 Å². The fourth-order valence-electron chi connectivity index (χ4n) is 4.51. The van der Waals surface area contributed by atoms with Crippen LogP contribution in [-0.2, 0) is 16.0 Å². The Hall–Kier alpha value is -2.99. The normalized spacial score (nSPS) is 17.0. The topological polar surface area (TPSA) is 41.6 Å². The molecular weight excluding hydrogens is 410 g/mol. The molecule has 0 unspecified atom stereocenters. The van der Waals surface area contributed by atoms with Crippen molar-refractivity contribution in [3.63, 3.8) is 0 Å². The molecule has 0 bridgehead atoms. The zero-order valence-electron chi connectivity index (χ0n) is 18.4. The number of halogens is 2.